The van der Waals surface area contributed by atoms with Gasteiger partial charge in [0.1, 0.15) is 0 Å². The maximum absolute atomic E-state index is 10.6. The van der Waals surface area contributed by atoms with Crippen LogP contribution in [0.3, 0.4) is 0 Å². The van der Waals surface area contributed by atoms with Crippen LogP contribution < -0.4 is 0 Å². The fourth-order valence-electron chi connectivity index (χ4n) is 1.04. The molecule has 0 aliphatic carbocycles. The normalized spacial score (nSPS) is 9.09. The van der Waals surface area contributed by atoms with Gasteiger partial charge in [-0.3, -0.25) is 0 Å². The number of benzene rings is 1. The molecular formula is C9H9BO. The molecule has 2 heteroatoms. The Kier molecular flexibility index (Phi) is 2.37. The molecule has 0 aliphatic heterocycles. The van der Waals surface area contributed by atoms with E-state index in [0.717, 1.165) is 23.0 Å². The summed E-state index contributed by atoms with van der Waals surface area (Å²) in [5, 5.41) is 0. The topological polar surface area (TPSA) is 17.1 Å². The van der Waals surface area contributed by atoms with Crippen LogP contribution in [0.15, 0.2) is 18.2 Å². The molecule has 11 heavy (non-hydrogen) atoms. The Morgan fingerprint density at radius 1 is 1.45 bits per heavy atom. The van der Waals surface area contributed by atoms with Gasteiger partial charge in [-0.05, 0) is 0 Å². The first-order chi connectivity index (χ1) is 5.29. The number of aryl methyl sites for hydroxylation is 1. The number of hydrogen-bond acceptors (Lipinski definition) is 1. The molecule has 0 aliphatic rings. The molecule has 0 saturated heterocycles. The van der Waals surface area contributed by atoms with Gasteiger partial charge in [-0.15, -0.1) is 0 Å². The Bertz CT molecular complexity index is 292. The van der Waals surface area contributed by atoms with Crippen LogP contribution in [0.25, 0.3) is 0 Å². The van der Waals surface area contributed by atoms with Crippen molar-refractivity contribution >= 4 is 19.7 Å². The van der Waals surface area contributed by atoms with Gasteiger partial charge in [0.15, 0.2) is 0 Å². The summed E-state index contributed by atoms with van der Waals surface area (Å²) in [6.45, 7) is 1.91. The van der Waals surface area contributed by atoms with Crippen molar-refractivity contribution in [1.82, 2.24) is 0 Å². The van der Waals surface area contributed by atoms with Crippen LogP contribution in [0.4, 0.5) is 0 Å². The van der Waals surface area contributed by atoms with E-state index in [1.807, 2.05) is 25.1 Å². The summed E-state index contributed by atoms with van der Waals surface area (Å²) in [4.78, 5) is 10.6. The fourth-order valence-corrected chi connectivity index (χ4v) is 1.04. The molecule has 1 nitrogen and oxygen atoms in total. The summed E-state index contributed by atoms with van der Waals surface area (Å²) in [6.07, 6.45) is 0.867. The van der Waals surface area contributed by atoms with E-state index < -0.39 is 0 Å². The predicted octanol–water partition coefficient (Wildman–Crippen LogP) is 0.859. The van der Waals surface area contributed by atoms with Crippen molar-refractivity contribution in [3.05, 3.63) is 34.9 Å². The summed E-state index contributed by atoms with van der Waals surface area (Å²) in [5.41, 5.74) is 2.64. The molecule has 0 spiro atoms. The maximum atomic E-state index is 10.6. The zero-order valence-electron chi connectivity index (χ0n) is 6.50. The number of hydrogen-bond donors (Lipinski definition) is 0. The van der Waals surface area contributed by atoms with Crippen LogP contribution in [0, 0.1) is 6.92 Å². The summed E-state index contributed by atoms with van der Waals surface area (Å²) in [6, 6.07) is 5.71. The van der Waals surface area contributed by atoms with E-state index in [9.17, 15) is 4.79 Å². The van der Waals surface area contributed by atoms with Crippen LogP contribution >= 0.6 is 0 Å². The molecule has 0 radical (unpaired) electrons. The van der Waals surface area contributed by atoms with E-state index >= 15 is 0 Å². The molecule has 54 valence electrons. The van der Waals surface area contributed by atoms with E-state index in [1.54, 1.807) is 5.97 Å². The molecule has 0 saturated carbocycles. The van der Waals surface area contributed by atoms with Crippen molar-refractivity contribution in [2.24, 2.45) is 0 Å². The number of aldehydes is 1. The van der Waals surface area contributed by atoms with Gasteiger partial charge in [-0.1, -0.05) is 0 Å². The first kappa shape index (κ1) is 7.93. The summed E-state index contributed by atoms with van der Waals surface area (Å²) >= 11 is 0. The van der Waals surface area contributed by atoms with Crippen molar-refractivity contribution in [1.29, 1.82) is 0 Å². The number of carbonyl (C=O) groups excluding carboxylic acids is 1. The Balaban J connectivity index is 3.35. The molecule has 1 aromatic rings. The van der Waals surface area contributed by atoms with Crippen molar-refractivity contribution in [2.75, 3.05) is 0 Å². The fraction of sp³-hybridized carbons (Fsp3) is 0.111. The average molecular weight is 144 g/mol. The van der Waals surface area contributed by atoms with Crippen LogP contribution in [0.5, 0.6) is 0 Å². The van der Waals surface area contributed by atoms with Crippen LogP contribution in [-0.2, 0) is 0 Å². The van der Waals surface area contributed by atoms with Crippen molar-refractivity contribution < 1.29 is 4.79 Å². The van der Waals surface area contributed by atoms with Crippen molar-refractivity contribution in [3.63, 3.8) is 0 Å². The molecule has 0 aromatic heterocycles. The Morgan fingerprint density at radius 2 is 2.18 bits per heavy atom. The van der Waals surface area contributed by atoms with Crippen LogP contribution in [-0.4, -0.2) is 19.7 Å². The van der Waals surface area contributed by atoms with E-state index in [4.69, 9.17) is 0 Å². The molecule has 0 N–H and O–H groups in total. The standard InChI is InChI=1S/C9H9BO/c1-7-3-2-4-8(5-10)9(7)6-11/h2-6,10H,1H3. The molecule has 0 unspecified atom stereocenters. The minimum atomic E-state index is 0.738. The molecule has 1 aromatic carbocycles. The van der Waals surface area contributed by atoms with Crippen molar-refractivity contribution in [3.8, 4) is 0 Å². The van der Waals surface area contributed by atoms with Gasteiger partial charge < -0.3 is 0 Å². The molecular weight excluding hydrogens is 135 g/mol. The van der Waals surface area contributed by atoms with E-state index in [1.165, 1.54) is 0 Å². The zero-order valence-corrected chi connectivity index (χ0v) is 6.50. The molecule has 0 heterocycles. The first-order valence-corrected chi connectivity index (χ1v) is 3.47. The third-order valence-electron chi connectivity index (χ3n) is 1.70. The summed E-state index contributed by atoms with van der Waals surface area (Å²) < 4.78 is 0. The van der Waals surface area contributed by atoms with Crippen molar-refractivity contribution in [2.45, 2.75) is 6.92 Å². The summed E-state index contributed by atoms with van der Waals surface area (Å²) in [5.74, 6) is 1.69. The third kappa shape index (κ3) is 1.45. The van der Waals surface area contributed by atoms with E-state index in [0.29, 0.717) is 0 Å². The average Bonchev–Trinajstić information content (AvgIpc) is 2.04. The first-order valence-electron chi connectivity index (χ1n) is 3.47. The Hall–Kier alpha value is -1.18. The van der Waals surface area contributed by atoms with Gasteiger partial charge in [0, 0.05) is 0 Å². The minimum absolute atomic E-state index is 0.738. The number of rotatable bonds is 2. The predicted molar refractivity (Wildman–Crippen MR) is 48.9 cm³/mol. The summed E-state index contributed by atoms with van der Waals surface area (Å²) in [7, 11) is 3.62. The second kappa shape index (κ2) is 3.29. The van der Waals surface area contributed by atoms with Gasteiger partial charge in [0.05, 0.1) is 0 Å². The Labute approximate surface area is 67.1 Å². The quantitative estimate of drug-likeness (QED) is 0.444. The molecule has 0 atom stereocenters. The van der Waals surface area contributed by atoms with E-state index in [2.05, 4.69) is 7.49 Å². The van der Waals surface area contributed by atoms with Gasteiger partial charge in [-0.2, -0.15) is 0 Å². The van der Waals surface area contributed by atoms with E-state index in [-0.39, 0.29) is 0 Å². The number of carbonyl (C=O) groups is 1. The van der Waals surface area contributed by atoms with Gasteiger partial charge in [0.25, 0.3) is 0 Å². The second-order valence-corrected chi connectivity index (χ2v) is 2.40. The Morgan fingerprint density at radius 3 is 2.64 bits per heavy atom. The molecule has 0 amide bonds. The second-order valence-electron chi connectivity index (χ2n) is 2.40. The van der Waals surface area contributed by atoms with Crippen LogP contribution in [0.1, 0.15) is 21.5 Å². The zero-order chi connectivity index (χ0) is 8.27. The monoisotopic (exact) mass is 144 g/mol. The molecule has 0 fully saturated rings. The molecule has 0 bridgehead atoms. The third-order valence-corrected chi connectivity index (χ3v) is 1.70. The molecule has 1 rings (SSSR count). The van der Waals surface area contributed by atoms with Crippen LogP contribution in [0.2, 0.25) is 0 Å². The van der Waals surface area contributed by atoms with Gasteiger partial charge >= 0.3 is 66.3 Å². The SMILES string of the molecule is B=Cc1cccc(C)c1C=O. The van der Waals surface area contributed by atoms with Gasteiger partial charge in [0.2, 0.25) is 0 Å². The van der Waals surface area contributed by atoms with Gasteiger partial charge in [-0.25, -0.2) is 0 Å².